The molecule has 0 saturated heterocycles. The quantitative estimate of drug-likeness (QED) is 0.264. The number of nitrogens with zero attached hydrogens (tertiary/aromatic N) is 3. The molecule has 0 aliphatic heterocycles. The van der Waals surface area contributed by atoms with Crippen LogP contribution in [0.3, 0.4) is 0 Å². The van der Waals surface area contributed by atoms with E-state index in [2.05, 4.69) is 36.7 Å². The second kappa shape index (κ2) is 10.6. The normalized spacial score (nSPS) is 11.0. The number of benzene rings is 2. The third-order valence-electron chi connectivity index (χ3n) is 3.42. The minimum Gasteiger partial charge on any atom is -0.488 e. The van der Waals surface area contributed by atoms with Gasteiger partial charge in [-0.3, -0.25) is 4.79 Å². The van der Waals surface area contributed by atoms with Gasteiger partial charge in [0.25, 0.3) is 5.91 Å². The van der Waals surface area contributed by atoms with E-state index in [-0.39, 0.29) is 11.7 Å². The first-order chi connectivity index (χ1) is 14.0. The van der Waals surface area contributed by atoms with Crippen LogP contribution < -0.4 is 15.9 Å². The second-order valence-electron chi connectivity index (χ2n) is 5.59. The lowest BCUT2D eigenvalue weighted by Gasteiger charge is -2.10. The van der Waals surface area contributed by atoms with Crippen LogP contribution in [0.5, 0.6) is 5.75 Å². The van der Waals surface area contributed by atoms with Gasteiger partial charge in [-0.05, 0) is 35.9 Å². The maximum Gasteiger partial charge on any atom is 0.250 e. The topological polar surface area (TPSA) is 102 Å². The van der Waals surface area contributed by atoms with Gasteiger partial charge in [0, 0.05) is 15.1 Å². The SMILES string of the molecule is Nc1nnc(SCC(=O)NN=Cc2cc(Br)ccc2OCc2ccc(Cl)cc2)s1. The molecule has 0 saturated carbocycles. The molecule has 0 bridgehead atoms. The van der Waals surface area contributed by atoms with Crippen LogP contribution in [-0.2, 0) is 11.4 Å². The van der Waals surface area contributed by atoms with Crippen LogP contribution in [0, 0.1) is 0 Å². The molecule has 7 nitrogen and oxygen atoms in total. The lowest BCUT2D eigenvalue weighted by molar-refractivity contribution is -0.118. The van der Waals surface area contributed by atoms with E-state index in [9.17, 15) is 4.79 Å². The average molecular weight is 513 g/mol. The summed E-state index contributed by atoms with van der Waals surface area (Å²) in [6.45, 7) is 0.383. The van der Waals surface area contributed by atoms with Gasteiger partial charge < -0.3 is 10.5 Å². The highest BCUT2D eigenvalue weighted by Gasteiger charge is 2.07. The molecule has 11 heteroatoms. The molecule has 1 aromatic heterocycles. The van der Waals surface area contributed by atoms with Gasteiger partial charge in [-0.2, -0.15) is 5.10 Å². The molecule has 1 heterocycles. The molecule has 29 heavy (non-hydrogen) atoms. The lowest BCUT2D eigenvalue weighted by Crippen LogP contribution is -2.19. The molecule has 0 unspecified atom stereocenters. The zero-order chi connectivity index (χ0) is 20.6. The van der Waals surface area contributed by atoms with Crippen molar-refractivity contribution >= 4 is 67.9 Å². The fourth-order valence-electron chi connectivity index (χ4n) is 2.11. The van der Waals surface area contributed by atoms with Gasteiger partial charge in [0.15, 0.2) is 4.34 Å². The lowest BCUT2D eigenvalue weighted by atomic mass is 10.2. The number of halogens is 2. The molecule has 0 atom stereocenters. The average Bonchev–Trinajstić information content (AvgIpc) is 3.12. The number of nitrogen functional groups attached to an aromatic ring is 1. The van der Waals surface area contributed by atoms with Crippen LogP contribution >= 0.6 is 50.6 Å². The number of aromatic nitrogens is 2. The molecule has 0 fully saturated rings. The first kappa shape index (κ1) is 21.6. The van der Waals surface area contributed by atoms with Gasteiger partial charge in [0.05, 0.1) is 12.0 Å². The molecule has 2 aromatic carbocycles. The highest BCUT2D eigenvalue weighted by molar-refractivity contribution is 9.10. The fourth-order valence-corrected chi connectivity index (χ4v) is 4.04. The number of carbonyl (C=O) groups is 1. The molecule has 150 valence electrons. The zero-order valence-electron chi connectivity index (χ0n) is 14.8. The predicted molar refractivity (Wildman–Crippen MR) is 121 cm³/mol. The Labute approximate surface area is 188 Å². The number of hydrazone groups is 1. The Hall–Kier alpha value is -2.14. The number of anilines is 1. The maximum atomic E-state index is 11.9. The molecule has 0 spiro atoms. The van der Waals surface area contributed by atoms with Gasteiger partial charge >= 0.3 is 0 Å². The van der Waals surface area contributed by atoms with E-state index in [0.717, 1.165) is 15.6 Å². The summed E-state index contributed by atoms with van der Waals surface area (Å²) in [6, 6.07) is 13.0. The van der Waals surface area contributed by atoms with E-state index >= 15 is 0 Å². The van der Waals surface area contributed by atoms with Gasteiger partial charge in [-0.1, -0.05) is 62.8 Å². The van der Waals surface area contributed by atoms with Gasteiger partial charge in [-0.15, -0.1) is 10.2 Å². The number of hydrogen-bond donors (Lipinski definition) is 2. The van der Waals surface area contributed by atoms with Crippen molar-refractivity contribution in [3.63, 3.8) is 0 Å². The van der Waals surface area contributed by atoms with Crippen LogP contribution in [0.4, 0.5) is 5.13 Å². The molecular formula is C18H15BrClN5O2S2. The number of hydrogen-bond acceptors (Lipinski definition) is 8. The monoisotopic (exact) mass is 511 g/mol. The minimum absolute atomic E-state index is 0.157. The van der Waals surface area contributed by atoms with Crippen molar-refractivity contribution in [2.45, 2.75) is 10.9 Å². The van der Waals surface area contributed by atoms with Crippen molar-refractivity contribution in [2.24, 2.45) is 5.10 Å². The molecule has 0 aliphatic carbocycles. The van der Waals surface area contributed by atoms with Crippen molar-refractivity contribution in [1.82, 2.24) is 15.6 Å². The molecule has 0 radical (unpaired) electrons. The zero-order valence-corrected chi connectivity index (χ0v) is 18.8. The van der Waals surface area contributed by atoms with Gasteiger partial charge in [0.1, 0.15) is 12.4 Å². The Morgan fingerprint density at radius 3 is 2.83 bits per heavy atom. The molecule has 0 aliphatic rings. The molecule has 3 N–H and O–H groups in total. The fraction of sp³-hybridized carbons (Fsp3) is 0.111. The number of amides is 1. The Balaban J connectivity index is 1.56. The van der Waals surface area contributed by atoms with E-state index in [1.807, 2.05) is 42.5 Å². The smallest absolute Gasteiger partial charge is 0.250 e. The Morgan fingerprint density at radius 2 is 2.10 bits per heavy atom. The number of thioether (sulfide) groups is 1. The van der Waals surface area contributed by atoms with Gasteiger partial charge in [0.2, 0.25) is 5.13 Å². The second-order valence-corrected chi connectivity index (χ2v) is 9.17. The Kier molecular flexibility index (Phi) is 7.87. The molecule has 1 amide bonds. The van der Waals surface area contributed by atoms with Crippen molar-refractivity contribution in [3.05, 3.63) is 63.1 Å². The third-order valence-corrected chi connectivity index (χ3v) is 6.05. The van der Waals surface area contributed by atoms with Crippen LogP contribution in [0.15, 0.2) is 56.4 Å². The van der Waals surface area contributed by atoms with Crippen molar-refractivity contribution < 1.29 is 9.53 Å². The first-order valence-corrected chi connectivity index (χ1v) is 11.2. The van der Waals surface area contributed by atoms with Crippen LogP contribution in [-0.4, -0.2) is 28.1 Å². The highest BCUT2D eigenvalue weighted by atomic mass is 79.9. The summed E-state index contributed by atoms with van der Waals surface area (Å²) in [7, 11) is 0. The number of rotatable bonds is 8. The predicted octanol–water partition coefficient (Wildman–Crippen LogP) is 4.36. The summed E-state index contributed by atoms with van der Waals surface area (Å²) in [5.74, 6) is 0.531. The minimum atomic E-state index is -0.265. The first-order valence-electron chi connectivity index (χ1n) is 8.20. The molecular weight excluding hydrogens is 498 g/mol. The number of ether oxygens (including phenoxy) is 1. The highest BCUT2D eigenvalue weighted by Crippen LogP contribution is 2.24. The number of carbonyl (C=O) groups excluding carboxylic acids is 1. The van der Waals surface area contributed by atoms with E-state index < -0.39 is 0 Å². The maximum absolute atomic E-state index is 11.9. The number of nitrogens with one attached hydrogen (secondary N) is 1. The van der Waals surface area contributed by atoms with Crippen LogP contribution in [0.1, 0.15) is 11.1 Å². The third kappa shape index (κ3) is 7.00. The summed E-state index contributed by atoms with van der Waals surface area (Å²) in [6.07, 6.45) is 1.54. The van der Waals surface area contributed by atoms with Crippen molar-refractivity contribution in [1.29, 1.82) is 0 Å². The summed E-state index contributed by atoms with van der Waals surface area (Å²) in [5, 5.41) is 12.6. The largest absolute Gasteiger partial charge is 0.488 e. The van der Waals surface area contributed by atoms with E-state index in [4.69, 9.17) is 22.1 Å². The van der Waals surface area contributed by atoms with Crippen molar-refractivity contribution in [2.75, 3.05) is 11.5 Å². The van der Waals surface area contributed by atoms with Crippen LogP contribution in [0.2, 0.25) is 5.02 Å². The summed E-state index contributed by atoms with van der Waals surface area (Å²) in [4.78, 5) is 11.9. The van der Waals surface area contributed by atoms with Gasteiger partial charge in [-0.25, -0.2) is 5.43 Å². The molecule has 3 rings (SSSR count). The summed E-state index contributed by atoms with van der Waals surface area (Å²) in [5.41, 5.74) is 9.70. The number of nitrogens with two attached hydrogens (primary N) is 1. The van der Waals surface area contributed by atoms with E-state index in [1.54, 1.807) is 0 Å². The van der Waals surface area contributed by atoms with E-state index in [1.165, 1.54) is 29.3 Å². The molecule has 3 aromatic rings. The summed E-state index contributed by atoms with van der Waals surface area (Å²) >= 11 is 11.8. The summed E-state index contributed by atoms with van der Waals surface area (Å²) < 4.78 is 7.39. The Bertz CT molecular complexity index is 1010. The van der Waals surface area contributed by atoms with E-state index in [0.29, 0.717) is 26.9 Å². The van der Waals surface area contributed by atoms with Crippen LogP contribution in [0.25, 0.3) is 0 Å². The van der Waals surface area contributed by atoms with Crippen molar-refractivity contribution in [3.8, 4) is 5.75 Å². The Morgan fingerprint density at radius 1 is 1.31 bits per heavy atom. The standard InChI is InChI=1S/C18H15BrClN5O2S2/c19-13-3-6-15(27-9-11-1-4-14(20)5-2-11)12(7-13)8-22-23-16(26)10-28-18-25-24-17(21)29-18/h1-8H,9-10H2,(H2,21,24)(H,23,26).